The Labute approximate surface area is 170 Å². The molecule has 0 atom stereocenters. The van der Waals surface area contributed by atoms with Crippen LogP contribution in [0.25, 0.3) is 10.9 Å². The maximum absolute atomic E-state index is 12.8. The SMILES string of the molecule is COC(=O)c1c(COC(=O)Cc2cccc(C(F)(F)F)c2)nc2ccccc2c1C. The Bertz CT molecular complexity index is 1110. The van der Waals surface area contributed by atoms with Crippen molar-refractivity contribution in [2.75, 3.05) is 7.11 Å². The van der Waals surface area contributed by atoms with Gasteiger partial charge in [0.15, 0.2) is 0 Å². The zero-order chi connectivity index (χ0) is 21.9. The quantitative estimate of drug-likeness (QED) is 0.566. The van der Waals surface area contributed by atoms with E-state index < -0.39 is 23.7 Å². The van der Waals surface area contributed by atoms with E-state index in [2.05, 4.69) is 4.98 Å². The Kier molecular flexibility index (Phi) is 6.05. The summed E-state index contributed by atoms with van der Waals surface area (Å²) >= 11 is 0. The van der Waals surface area contributed by atoms with Crippen LogP contribution >= 0.6 is 0 Å². The van der Waals surface area contributed by atoms with Crippen LogP contribution in [0.2, 0.25) is 0 Å². The number of hydrogen-bond acceptors (Lipinski definition) is 5. The van der Waals surface area contributed by atoms with E-state index >= 15 is 0 Å². The molecule has 0 saturated carbocycles. The number of aryl methyl sites for hydroxylation is 1. The monoisotopic (exact) mass is 417 g/mol. The minimum absolute atomic E-state index is 0.172. The fourth-order valence-electron chi connectivity index (χ4n) is 3.14. The summed E-state index contributed by atoms with van der Waals surface area (Å²) in [6.07, 6.45) is -4.84. The summed E-state index contributed by atoms with van der Waals surface area (Å²) in [6, 6.07) is 11.6. The van der Waals surface area contributed by atoms with Crippen molar-refractivity contribution in [1.82, 2.24) is 4.98 Å². The van der Waals surface area contributed by atoms with Crippen molar-refractivity contribution in [3.63, 3.8) is 0 Å². The molecule has 0 radical (unpaired) electrons. The number of hydrogen-bond donors (Lipinski definition) is 0. The number of alkyl halides is 3. The van der Waals surface area contributed by atoms with Gasteiger partial charge >= 0.3 is 18.1 Å². The largest absolute Gasteiger partial charge is 0.465 e. The standard InChI is InChI=1S/C22H18F3NO4/c1-13-16-8-3-4-9-17(16)26-18(20(13)21(28)29-2)12-30-19(27)11-14-6-5-7-15(10-14)22(23,24)25/h3-10H,11-12H2,1-2H3. The van der Waals surface area contributed by atoms with Gasteiger partial charge in [-0.25, -0.2) is 9.78 Å². The average molecular weight is 417 g/mol. The topological polar surface area (TPSA) is 65.5 Å². The lowest BCUT2D eigenvalue weighted by Crippen LogP contribution is -2.15. The number of para-hydroxylation sites is 1. The predicted octanol–water partition coefficient (Wildman–Crippen LogP) is 4.63. The van der Waals surface area contributed by atoms with Crippen molar-refractivity contribution < 1.29 is 32.2 Å². The van der Waals surface area contributed by atoms with E-state index in [1.54, 1.807) is 19.1 Å². The molecule has 1 heterocycles. The number of methoxy groups -OCH3 is 1. The maximum Gasteiger partial charge on any atom is 0.416 e. The molecule has 0 bridgehead atoms. The second kappa shape index (κ2) is 8.52. The molecule has 0 aliphatic carbocycles. The third-order valence-corrected chi connectivity index (χ3v) is 4.59. The fraction of sp³-hybridized carbons (Fsp3) is 0.227. The number of carbonyl (C=O) groups excluding carboxylic acids is 2. The number of halogens is 3. The van der Waals surface area contributed by atoms with Gasteiger partial charge in [-0.05, 0) is 30.2 Å². The summed E-state index contributed by atoms with van der Waals surface area (Å²) in [6.45, 7) is 1.43. The Morgan fingerprint density at radius 3 is 2.50 bits per heavy atom. The molecule has 1 aromatic heterocycles. The van der Waals surface area contributed by atoms with Gasteiger partial charge in [0.1, 0.15) is 6.61 Å². The molecule has 0 spiro atoms. The summed E-state index contributed by atoms with van der Waals surface area (Å²) in [7, 11) is 1.24. The fourth-order valence-corrected chi connectivity index (χ4v) is 3.14. The third kappa shape index (κ3) is 4.59. The van der Waals surface area contributed by atoms with E-state index in [4.69, 9.17) is 9.47 Å². The molecular weight excluding hydrogens is 399 g/mol. The highest BCUT2D eigenvalue weighted by Crippen LogP contribution is 2.29. The Hall–Kier alpha value is -3.42. The molecule has 30 heavy (non-hydrogen) atoms. The lowest BCUT2D eigenvalue weighted by Gasteiger charge is -2.13. The molecule has 0 N–H and O–H groups in total. The van der Waals surface area contributed by atoms with Crippen LogP contribution in [0.3, 0.4) is 0 Å². The second-order valence-electron chi connectivity index (χ2n) is 6.60. The Balaban J connectivity index is 1.81. The first-order valence-electron chi connectivity index (χ1n) is 8.99. The molecule has 0 fully saturated rings. The maximum atomic E-state index is 12.8. The van der Waals surface area contributed by atoms with Crippen LogP contribution in [-0.2, 0) is 33.5 Å². The van der Waals surface area contributed by atoms with Crippen LogP contribution in [0.4, 0.5) is 13.2 Å². The summed E-state index contributed by atoms with van der Waals surface area (Å²) in [4.78, 5) is 28.9. The molecule has 0 aliphatic rings. The van der Waals surface area contributed by atoms with Crippen molar-refractivity contribution in [3.8, 4) is 0 Å². The van der Waals surface area contributed by atoms with E-state index in [1.165, 1.54) is 19.2 Å². The highest BCUT2D eigenvalue weighted by atomic mass is 19.4. The Morgan fingerprint density at radius 2 is 1.80 bits per heavy atom. The number of nitrogens with zero attached hydrogens (tertiary/aromatic N) is 1. The number of ether oxygens (including phenoxy) is 2. The van der Waals surface area contributed by atoms with E-state index in [0.717, 1.165) is 17.5 Å². The summed E-state index contributed by atoms with van der Waals surface area (Å²) in [5.41, 5.74) is 1.000. The van der Waals surface area contributed by atoms with Crippen LogP contribution in [0.15, 0.2) is 48.5 Å². The van der Waals surface area contributed by atoms with E-state index in [9.17, 15) is 22.8 Å². The number of aromatic nitrogens is 1. The number of fused-ring (bicyclic) bond motifs is 1. The number of benzene rings is 2. The molecule has 2 aromatic carbocycles. The third-order valence-electron chi connectivity index (χ3n) is 4.59. The molecule has 0 unspecified atom stereocenters. The molecule has 0 saturated heterocycles. The van der Waals surface area contributed by atoms with E-state index in [1.807, 2.05) is 12.1 Å². The number of pyridine rings is 1. The minimum atomic E-state index is -4.50. The molecular formula is C22H18F3NO4. The summed E-state index contributed by atoms with van der Waals surface area (Å²) in [5.74, 6) is -1.35. The van der Waals surface area contributed by atoms with Crippen LogP contribution in [-0.4, -0.2) is 24.0 Å². The van der Waals surface area contributed by atoms with Gasteiger partial charge in [-0.1, -0.05) is 36.4 Å². The number of rotatable bonds is 5. The lowest BCUT2D eigenvalue weighted by atomic mass is 10.0. The second-order valence-corrected chi connectivity index (χ2v) is 6.60. The smallest absolute Gasteiger partial charge is 0.416 e. The van der Waals surface area contributed by atoms with Gasteiger partial charge in [0, 0.05) is 5.39 Å². The first kappa shape index (κ1) is 21.3. The van der Waals surface area contributed by atoms with Gasteiger partial charge in [-0.15, -0.1) is 0 Å². The average Bonchev–Trinajstić information content (AvgIpc) is 2.71. The molecule has 0 amide bonds. The van der Waals surface area contributed by atoms with Crippen LogP contribution in [0.1, 0.15) is 32.7 Å². The first-order valence-corrected chi connectivity index (χ1v) is 8.99. The van der Waals surface area contributed by atoms with Crippen molar-refractivity contribution in [2.24, 2.45) is 0 Å². The van der Waals surface area contributed by atoms with Crippen molar-refractivity contribution in [2.45, 2.75) is 26.1 Å². The van der Waals surface area contributed by atoms with Crippen LogP contribution < -0.4 is 0 Å². The number of carbonyl (C=O) groups is 2. The van der Waals surface area contributed by atoms with Gasteiger partial charge in [-0.2, -0.15) is 13.2 Å². The molecule has 156 valence electrons. The normalized spacial score (nSPS) is 11.4. The van der Waals surface area contributed by atoms with Gasteiger partial charge in [0.2, 0.25) is 0 Å². The van der Waals surface area contributed by atoms with Crippen molar-refractivity contribution in [1.29, 1.82) is 0 Å². The summed E-state index contributed by atoms with van der Waals surface area (Å²) < 4.78 is 48.5. The van der Waals surface area contributed by atoms with Crippen LogP contribution in [0.5, 0.6) is 0 Å². The highest BCUT2D eigenvalue weighted by Gasteiger charge is 2.30. The van der Waals surface area contributed by atoms with Gasteiger partial charge < -0.3 is 9.47 Å². The predicted molar refractivity (Wildman–Crippen MR) is 103 cm³/mol. The van der Waals surface area contributed by atoms with Gasteiger partial charge in [0.25, 0.3) is 0 Å². The molecule has 3 aromatic rings. The lowest BCUT2D eigenvalue weighted by molar-refractivity contribution is -0.144. The first-order chi connectivity index (χ1) is 14.2. The van der Waals surface area contributed by atoms with E-state index in [-0.39, 0.29) is 29.8 Å². The molecule has 0 aliphatic heterocycles. The van der Waals surface area contributed by atoms with E-state index in [0.29, 0.717) is 11.1 Å². The minimum Gasteiger partial charge on any atom is -0.465 e. The van der Waals surface area contributed by atoms with Gasteiger partial charge in [-0.3, -0.25) is 4.79 Å². The van der Waals surface area contributed by atoms with Gasteiger partial charge in [0.05, 0.1) is 35.9 Å². The molecule has 3 rings (SSSR count). The zero-order valence-corrected chi connectivity index (χ0v) is 16.2. The molecule has 8 heteroatoms. The molecule has 5 nitrogen and oxygen atoms in total. The Morgan fingerprint density at radius 1 is 1.07 bits per heavy atom. The van der Waals surface area contributed by atoms with Crippen molar-refractivity contribution in [3.05, 3.63) is 76.5 Å². The zero-order valence-electron chi connectivity index (χ0n) is 16.2. The summed E-state index contributed by atoms with van der Waals surface area (Å²) in [5, 5.41) is 0.761. The van der Waals surface area contributed by atoms with Crippen molar-refractivity contribution >= 4 is 22.8 Å². The highest BCUT2D eigenvalue weighted by molar-refractivity contribution is 5.98. The number of esters is 2. The van der Waals surface area contributed by atoms with Crippen LogP contribution in [0, 0.1) is 6.92 Å².